The Hall–Kier alpha value is -5.58. The summed E-state index contributed by atoms with van der Waals surface area (Å²) >= 11 is 0. The molecule has 0 fully saturated rings. The molecule has 0 radical (unpaired) electrons. The van der Waals surface area contributed by atoms with Crippen LogP contribution in [0.4, 0.5) is 0 Å². The summed E-state index contributed by atoms with van der Waals surface area (Å²) in [6.07, 6.45) is 8.91. The number of hydrogen-bond acceptors (Lipinski definition) is 6. The molecule has 278 valence electrons. The lowest BCUT2D eigenvalue weighted by molar-refractivity contribution is -0.0957. The fourth-order valence-corrected chi connectivity index (χ4v) is 9.14. The van der Waals surface area contributed by atoms with E-state index in [1.807, 2.05) is 24.0 Å². The smallest absolute Gasteiger partial charge is 0.335 e. The van der Waals surface area contributed by atoms with Crippen LogP contribution in [0.5, 0.6) is 0 Å². The number of carbonyl (C=O) groups excluding carboxylic acids is 2. The Bertz CT molecular complexity index is 2060. The number of aromatic carboxylic acids is 2. The van der Waals surface area contributed by atoms with Crippen LogP contribution in [0.25, 0.3) is 11.1 Å². The molecule has 0 spiro atoms. The number of carboxylic acid groups (broad SMARTS) is 2. The van der Waals surface area contributed by atoms with Gasteiger partial charge >= 0.3 is 11.9 Å². The summed E-state index contributed by atoms with van der Waals surface area (Å²) in [5.41, 5.74) is 4.19. The van der Waals surface area contributed by atoms with Crippen molar-refractivity contribution in [2.24, 2.45) is 16.2 Å². The molecule has 2 heterocycles. The minimum absolute atomic E-state index is 0.0963. The van der Waals surface area contributed by atoms with Crippen molar-refractivity contribution in [3.8, 4) is 0 Å². The van der Waals surface area contributed by atoms with Crippen LogP contribution in [-0.4, -0.2) is 85.9 Å². The molecular weight excluding hydrogens is 684 g/mol. The van der Waals surface area contributed by atoms with Crippen LogP contribution in [0, 0.1) is 16.2 Å². The fourth-order valence-electron chi connectivity index (χ4n) is 9.14. The molecule has 3 aromatic carbocycles. The van der Waals surface area contributed by atoms with E-state index in [1.165, 1.54) is 17.7 Å². The van der Waals surface area contributed by atoms with Crippen LogP contribution in [-0.2, 0) is 0 Å². The Morgan fingerprint density at radius 3 is 1.46 bits per heavy atom. The Balaban J connectivity index is 1.06. The average Bonchev–Trinajstić information content (AvgIpc) is 3.13. The highest BCUT2D eigenvalue weighted by Gasteiger charge is 2.50. The topological polar surface area (TPSA) is 156 Å². The summed E-state index contributed by atoms with van der Waals surface area (Å²) in [6, 6.07) is 19.7. The quantitative estimate of drug-likeness (QED) is 0.165. The fraction of sp³-hybridized carbons (Fsp3) is 0.318. The second kappa shape index (κ2) is 13.1. The zero-order valence-corrected chi connectivity index (χ0v) is 30.8. The molecular formula is C44H44N2O8. The lowest BCUT2D eigenvalue weighted by Crippen LogP contribution is -2.52. The second-order valence-electron chi connectivity index (χ2n) is 16.0. The summed E-state index contributed by atoms with van der Waals surface area (Å²) < 4.78 is 0. The first-order chi connectivity index (χ1) is 25.4. The number of allylic oxidation sites excluding steroid dienone is 3. The molecule has 2 amide bonds. The molecule has 2 aliphatic heterocycles. The monoisotopic (exact) mass is 728 g/mol. The van der Waals surface area contributed by atoms with Crippen molar-refractivity contribution in [3.05, 3.63) is 142 Å². The van der Waals surface area contributed by atoms with Gasteiger partial charge in [-0.3, -0.25) is 9.59 Å². The van der Waals surface area contributed by atoms with E-state index in [1.54, 1.807) is 65.6 Å². The Morgan fingerprint density at radius 1 is 0.556 bits per heavy atom. The molecule has 10 nitrogen and oxygen atoms in total. The maximum atomic E-state index is 14.0. The normalized spacial score (nSPS) is 24.2. The lowest BCUT2D eigenvalue weighted by Gasteiger charge is -2.50. The zero-order valence-electron chi connectivity index (χ0n) is 30.8. The van der Waals surface area contributed by atoms with Gasteiger partial charge in [-0.15, -0.1) is 0 Å². The molecule has 54 heavy (non-hydrogen) atoms. The SMILES string of the molecule is CC1(C)C(c2ccc(C(=O)O)cc2)=CC[C@]2(C)CN(C(=O)c3cccc(C(=O)N4CC=C5C(O)(O)C(c6ccc(C(=O)O)cc6)=CC[C@]5(C)C4)c3)CC=C12. The van der Waals surface area contributed by atoms with Gasteiger partial charge in [0.25, 0.3) is 11.8 Å². The molecule has 3 aromatic rings. The van der Waals surface area contributed by atoms with Gasteiger partial charge in [-0.25, -0.2) is 9.59 Å². The third kappa shape index (κ3) is 6.19. The van der Waals surface area contributed by atoms with Crippen LogP contribution in [0.1, 0.15) is 93.1 Å². The number of nitrogens with zero attached hydrogens (tertiary/aromatic N) is 2. The van der Waals surface area contributed by atoms with Gasteiger partial charge in [0.05, 0.1) is 11.1 Å². The van der Waals surface area contributed by atoms with Crippen molar-refractivity contribution < 1.29 is 39.6 Å². The Kier molecular flexibility index (Phi) is 8.90. The van der Waals surface area contributed by atoms with Crippen molar-refractivity contribution in [2.45, 2.75) is 46.3 Å². The standard InChI is InChI=1S/C44H44N2O8/c1-41(2)33(27-8-12-29(13-9-27)39(49)50)16-20-42(3)25-45(22-18-35(41)42)37(47)31-6-5-7-32(24-31)38(48)46-23-19-36-43(4,26-46)21-17-34(44(36,53)54)28-10-14-30(15-11-28)40(51)52/h5-19,24,53-54H,20-23,25-26H2,1-4H3,(H,49,50)(H,51,52)/t42-,43-/m1/s1. The number of benzene rings is 3. The molecule has 4 aliphatic rings. The predicted molar refractivity (Wildman–Crippen MR) is 204 cm³/mol. The highest BCUT2D eigenvalue weighted by molar-refractivity contribution is 6.00. The van der Waals surface area contributed by atoms with Gasteiger partial charge in [0, 0.05) is 59.1 Å². The number of fused-ring (bicyclic) bond motifs is 2. The van der Waals surface area contributed by atoms with Crippen molar-refractivity contribution >= 4 is 34.9 Å². The van der Waals surface area contributed by atoms with Crippen molar-refractivity contribution in [2.75, 3.05) is 26.2 Å². The van der Waals surface area contributed by atoms with Gasteiger partial charge in [0.1, 0.15) is 0 Å². The van der Waals surface area contributed by atoms with Gasteiger partial charge in [-0.2, -0.15) is 0 Å². The van der Waals surface area contributed by atoms with Crippen LogP contribution in [0.2, 0.25) is 0 Å². The van der Waals surface area contributed by atoms with Gasteiger partial charge in [-0.05, 0) is 77.6 Å². The molecule has 0 unspecified atom stereocenters. The van der Waals surface area contributed by atoms with Crippen LogP contribution in [0.15, 0.2) is 108 Å². The predicted octanol–water partition coefficient (Wildman–Crippen LogP) is 6.54. The van der Waals surface area contributed by atoms with E-state index < -0.39 is 23.1 Å². The summed E-state index contributed by atoms with van der Waals surface area (Å²) in [5, 5.41) is 41.5. The molecule has 4 N–H and O–H groups in total. The molecule has 2 aliphatic carbocycles. The summed E-state index contributed by atoms with van der Waals surface area (Å²) in [5.74, 6) is -4.78. The van der Waals surface area contributed by atoms with E-state index >= 15 is 0 Å². The highest BCUT2D eigenvalue weighted by Crippen LogP contribution is 2.55. The zero-order chi connectivity index (χ0) is 38.8. The van der Waals surface area contributed by atoms with E-state index in [9.17, 15) is 39.6 Å². The molecule has 2 atom stereocenters. The van der Waals surface area contributed by atoms with E-state index in [0.717, 1.165) is 11.1 Å². The highest BCUT2D eigenvalue weighted by atomic mass is 16.5. The third-order valence-corrected chi connectivity index (χ3v) is 11.8. The molecule has 7 rings (SSSR count). The number of amides is 2. The number of carboxylic acids is 2. The maximum absolute atomic E-state index is 14.0. The summed E-state index contributed by atoms with van der Waals surface area (Å²) in [6.45, 7) is 9.69. The molecule has 0 saturated carbocycles. The largest absolute Gasteiger partial charge is 0.478 e. The van der Waals surface area contributed by atoms with Crippen LogP contribution in [0.3, 0.4) is 0 Å². The van der Waals surface area contributed by atoms with Gasteiger partial charge < -0.3 is 30.2 Å². The van der Waals surface area contributed by atoms with E-state index in [2.05, 4.69) is 32.9 Å². The Labute approximate surface area is 314 Å². The maximum Gasteiger partial charge on any atom is 0.335 e. The molecule has 0 aromatic heterocycles. The average molecular weight is 729 g/mol. The van der Waals surface area contributed by atoms with Crippen LogP contribution >= 0.6 is 0 Å². The van der Waals surface area contributed by atoms with E-state index in [4.69, 9.17) is 0 Å². The lowest BCUT2D eigenvalue weighted by atomic mass is 9.58. The van der Waals surface area contributed by atoms with E-state index in [-0.39, 0.29) is 52.4 Å². The van der Waals surface area contributed by atoms with Crippen molar-refractivity contribution in [1.82, 2.24) is 9.80 Å². The van der Waals surface area contributed by atoms with Crippen LogP contribution < -0.4 is 0 Å². The number of rotatable bonds is 6. The molecule has 10 heteroatoms. The van der Waals surface area contributed by atoms with Gasteiger partial charge in [-0.1, -0.05) is 87.9 Å². The number of hydrogen-bond donors (Lipinski definition) is 4. The molecule has 0 bridgehead atoms. The molecule has 0 saturated heterocycles. The number of aliphatic hydroxyl groups is 2. The summed E-state index contributed by atoms with van der Waals surface area (Å²) in [7, 11) is 0. The first kappa shape index (κ1) is 36.8. The summed E-state index contributed by atoms with van der Waals surface area (Å²) in [4.78, 5) is 54.2. The van der Waals surface area contributed by atoms with Gasteiger partial charge in [0.15, 0.2) is 0 Å². The third-order valence-electron chi connectivity index (χ3n) is 11.8. The van der Waals surface area contributed by atoms with E-state index in [0.29, 0.717) is 48.2 Å². The first-order valence-electron chi connectivity index (χ1n) is 18.1. The Morgan fingerprint density at radius 2 is 0.981 bits per heavy atom. The van der Waals surface area contributed by atoms with Gasteiger partial charge in [0.2, 0.25) is 5.79 Å². The first-order valence-corrected chi connectivity index (χ1v) is 18.1. The van der Waals surface area contributed by atoms with Crippen molar-refractivity contribution in [1.29, 1.82) is 0 Å². The number of carbonyl (C=O) groups is 4. The minimum atomic E-state index is -2.31. The van der Waals surface area contributed by atoms with Crippen molar-refractivity contribution in [3.63, 3.8) is 0 Å². The minimum Gasteiger partial charge on any atom is -0.478 e. The second-order valence-corrected chi connectivity index (χ2v) is 16.0.